The summed E-state index contributed by atoms with van der Waals surface area (Å²) in [5, 5.41) is 3.31. The lowest BCUT2D eigenvalue weighted by Gasteiger charge is -2.27. The van der Waals surface area contributed by atoms with Crippen molar-refractivity contribution >= 4 is 5.97 Å². The van der Waals surface area contributed by atoms with E-state index in [0.29, 0.717) is 6.42 Å². The van der Waals surface area contributed by atoms with Crippen molar-refractivity contribution in [2.24, 2.45) is 0 Å². The topological polar surface area (TPSA) is 41.6 Å². The molecule has 1 aliphatic heterocycles. The van der Waals surface area contributed by atoms with Gasteiger partial charge in [0.2, 0.25) is 0 Å². The minimum absolute atomic E-state index is 0.0809. The molecule has 1 saturated heterocycles. The van der Waals surface area contributed by atoms with Gasteiger partial charge >= 0.3 is 5.97 Å². The second kappa shape index (κ2) is 6.21. The van der Waals surface area contributed by atoms with Crippen molar-refractivity contribution in [2.45, 2.75) is 39.2 Å². The molecular formula is C12H24N2O2. The van der Waals surface area contributed by atoms with Crippen molar-refractivity contribution in [2.75, 3.05) is 32.7 Å². The quantitative estimate of drug-likeness (QED) is 0.729. The van der Waals surface area contributed by atoms with E-state index in [4.69, 9.17) is 4.74 Å². The summed E-state index contributed by atoms with van der Waals surface area (Å²) in [5.41, 5.74) is -0.355. The van der Waals surface area contributed by atoms with Gasteiger partial charge in [-0.2, -0.15) is 0 Å². The first-order valence-corrected chi connectivity index (χ1v) is 6.12. The Kier molecular flexibility index (Phi) is 5.22. The number of carbonyl (C=O) groups is 1. The highest BCUT2D eigenvalue weighted by Crippen LogP contribution is 2.09. The molecule has 94 valence electrons. The Morgan fingerprint density at radius 1 is 1.31 bits per heavy atom. The molecule has 0 atom stereocenters. The van der Waals surface area contributed by atoms with Gasteiger partial charge in [-0.05, 0) is 33.7 Å². The molecule has 0 spiro atoms. The van der Waals surface area contributed by atoms with Gasteiger partial charge in [-0.3, -0.25) is 4.79 Å². The molecule has 1 aliphatic rings. The number of ether oxygens (including phenoxy) is 1. The molecule has 0 radical (unpaired) electrons. The number of hydrogen-bond donors (Lipinski definition) is 1. The molecule has 0 amide bonds. The SMILES string of the molecule is CC(C)(C)OC(=O)CCCN1CCNCC1. The smallest absolute Gasteiger partial charge is 0.306 e. The predicted molar refractivity (Wildman–Crippen MR) is 64.4 cm³/mol. The van der Waals surface area contributed by atoms with Gasteiger partial charge in [0.1, 0.15) is 5.60 Å². The van der Waals surface area contributed by atoms with Crippen LogP contribution in [-0.4, -0.2) is 49.2 Å². The third kappa shape index (κ3) is 6.08. The van der Waals surface area contributed by atoms with Crippen molar-refractivity contribution in [1.82, 2.24) is 10.2 Å². The zero-order valence-corrected chi connectivity index (χ0v) is 10.7. The first-order chi connectivity index (χ1) is 7.47. The minimum atomic E-state index is -0.355. The lowest BCUT2D eigenvalue weighted by Crippen LogP contribution is -2.43. The fourth-order valence-electron chi connectivity index (χ4n) is 1.77. The minimum Gasteiger partial charge on any atom is -0.460 e. The lowest BCUT2D eigenvalue weighted by atomic mass is 10.2. The maximum absolute atomic E-state index is 11.4. The number of nitrogens with zero attached hydrogens (tertiary/aromatic N) is 1. The first-order valence-electron chi connectivity index (χ1n) is 6.12. The molecule has 1 fully saturated rings. The van der Waals surface area contributed by atoms with E-state index in [1.807, 2.05) is 20.8 Å². The van der Waals surface area contributed by atoms with Crippen LogP contribution in [0.2, 0.25) is 0 Å². The Bertz CT molecular complexity index is 218. The summed E-state index contributed by atoms with van der Waals surface area (Å²) in [7, 11) is 0. The van der Waals surface area contributed by atoms with Gasteiger partial charge in [0.25, 0.3) is 0 Å². The van der Waals surface area contributed by atoms with Crippen LogP contribution in [0.4, 0.5) is 0 Å². The Balaban J connectivity index is 2.08. The normalized spacial score (nSPS) is 18.4. The van der Waals surface area contributed by atoms with E-state index in [2.05, 4.69) is 10.2 Å². The van der Waals surface area contributed by atoms with Gasteiger partial charge in [-0.25, -0.2) is 0 Å². The second-order valence-corrected chi connectivity index (χ2v) is 5.28. The third-order valence-corrected chi connectivity index (χ3v) is 2.48. The molecule has 0 saturated carbocycles. The summed E-state index contributed by atoms with van der Waals surface area (Å²) in [4.78, 5) is 13.8. The van der Waals surface area contributed by atoms with Gasteiger partial charge in [-0.1, -0.05) is 0 Å². The molecule has 0 unspecified atom stereocenters. The van der Waals surface area contributed by atoms with E-state index in [-0.39, 0.29) is 11.6 Å². The van der Waals surface area contributed by atoms with Crippen LogP contribution in [0.25, 0.3) is 0 Å². The largest absolute Gasteiger partial charge is 0.460 e. The molecule has 4 nitrogen and oxygen atoms in total. The van der Waals surface area contributed by atoms with Crippen LogP contribution in [0, 0.1) is 0 Å². The van der Waals surface area contributed by atoms with Crippen LogP contribution in [0.5, 0.6) is 0 Å². The second-order valence-electron chi connectivity index (χ2n) is 5.28. The molecule has 0 aromatic rings. The lowest BCUT2D eigenvalue weighted by molar-refractivity contribution is -0.155. The van der Waals surface area contributed by atoms with E-state index in [0.717, 1.165) is 39.1 Å². The molecule has 0 aliphatic carbocycles. The van der Waals surface area contributed by atoms with Crippen LogP contribution in [-0.2, 0) is 9.53 Å². The van der Waals surface area contributed by atoms with E-state index in [1.165, 1.54) is 0 Å². The van der Waals surface area contributed by atoms with Crippen molar-refractivity contribution in [3.63, 3.8) is 0 Å². The van der Waals surface area contributed by atoms with Gasteiger partial charge in [0.05, 0.1) is 0 Å². The van der Waals surface area contributed by atoms with Gasteiger partial charge in [0.15, 0.2) is 0 Å². The summed E-state index contributed by atoms with van der Waals surface area (Å²) < 4.78 is 5.26. The summed E-state index contributed by atoms with van der Waals surface area (Å²) in [6.45, 7) is 11.0. The molecule has 0 aromatic carbocycles. The van der Waals surface area contributed by atoms with Crippen molar-refractivity contribution in [1.29, 1.82) is 0 Å². The summed E-state index contributed by atoms with van der Waals surface area (Å²) in [6.07, 6.45) is 1.43. The third-order valence-electron chi connectivity index (χ3n) is 2.48. The monoisotopic (exact) mass is 228 g/mol. The molecule has 1 heterocycles. The number of rotatable bonds is 4. The Labute approximate surface area is 98.3 Å². The zero-order valence-electron chi connectivity index (χ0n) is 10.7. The van der Waals surface area contributed by atoms with Gasteiger partial charge in [-0.15, -0.1) is 0 Å². The molecule has 1 rings (SSSR count). The van der Waals surface area contributed by atoms with Crippen LogP contribution in [0.15, 0.2) is 0 Å². The Hall–Kier alpha value is -0.610. The first kappa shape index (κ1) is 13.5. The Morgan fingerprint density at radius 2 is 1.94 bits per heavy atom. The van der Waals surface area contributed by atoms with Gasteiger partial charge < -0.3 is 15.0 Å². The summed E-state index contributed by atoms with van der Waals surface area (Å²) in [5.74, 6) is -0.0809. The summed E-state index contributed by atoms with van der Waals surface area (Å²) >= 11 is 0. The number of esters is 1. The predicted octanol–water partition coefficient (Wildman–Crippen LogP) is 1.01. The number of nitrogens with one attached hydrogen (secondary N) is 1. The molecular weight excluding hydrogens is 204 g/mol. The average molecular weight is 228 g/mol. The van der Waals surface area contributed by atoms with Crippen molar-refractivity contribution < 1.29 is 9.53 Å². The van der Waals surface area contributed by atoms with Crippen molar-refractivity contribution in [3.05, 3.63) is 0 Å². The highest BCUT2D eigenvalue weighted by Gasteiger charge is 2.16. The van der Waals surface area contributed by atoms with Gasteiger partial charge in [0, 0.05) is 32.6 Å². The molecule has 1 N–H and O–H groups in total. The van der Waals surface area contributed by atoms with Crippen LogP contribution >= 0.6 is 0 Å². The summed E-state index contributed by atoms with van der Waals surface area (Å²) in [6, 6.07) is 0. The fraction of sp³-hybridized carbons (Fsp3) is 0.917. The fourth-order valence-corrected chi connectivity index (χ4v) is 1.77. The maximum Gasteiger partial charge on any atom is 0.306 e. The Morgan fingerprint density at radius 3 is 2.50 bits per heavy atom. The van der Waals surface area contributed by atoms with Crippen LogP contribution < -0.4 is 5.32 Å². The van der Waals surface area contributed by atoms with E-state index in [1.54, 1.807) is 0 Å². The van der Waals surface area contributed by atoms with Crippen molar-refractivity contribution in [3.8, 4) is 0 Å². The molecule has 4 heteroatoms. The average Bonchev–Trinajstić information content (AvgIpc) is 2.16. The maximum atomic E-state index is 11.4. The highest BCUT2D eigenvalue weighted by molar-refractivity contribution is 5.69. The number of carbonyl (C=O) groups excluding carboxylic acids is 1. The van der Waals surface area contributed by atoms with E-state index >= 15 is 0 Å². The zero-order chi connectivity index (χ0) is 12.0. The molecule has 0 bridgehead atoms. The number of piperazine rings is 1. The van der Waals surface area contributed by atoms with Crippen LogP contribution in [0.3, 0.4) is 0 Å². The highest BCUT2D eigenvalue weighted by atomic mass is 16.6. The van der Waals surface area contributed by atoms with E-state index in [9.17, 15) is 4.79 Å². The molecule has 16 heavy (non-hydrogen) atoms. The van der Waals surface area contributed by atoms with E-state index < -0.39 is 0 Å². The molecule has 0 aromatic heterocycles. The standard InChI is InChI=1S/C12H24N2O2/c1-12(2,3)16-11(15)5-4-8-14-9-6-13-7-10-14/h13H,4-10H2,1-3H3. The number of hydrogen-bond acceptors (Lipinski definition) is 4. The van der Waals surface area contributed by atoms with Crippen LogP contribution in [0.1, 0.15) is 33.6 Å².